The highest BCUT2D eigenvalue weighted by Gasteiger charge is 2.34. The Labute approximate surface area is 158 Å². The van der Waals surface area contributed by atoms with E-state index in [0.717, 1.165) is 12.8 Å². The Bertz CT molecular complexity index is 469. The van der Waals surface area contributed by atoms with E-state index in [9.17, 15) is 5.11 Å². The molecule has 6 nitrogen and oxygen atoms in total. The fourth-order valence-corrected chi connectivity index (χ4v) is 3.10. The first-order chi connectivity index (χ1) is 12.7. The van der Waals surface area contributed by atoms with Gasteiger partial charge in [0, 0.05) is 17.8 Å². The molecule has 0 aromatic heterocycles. The van der Waals surface area contributed by atoms with Gasteiger partial charge in [0.05, 0.1) is 24.9 Å². The fraction of sp³-hybridized carbons (Fsp3) is 0.900. The Balaban J connectivity index is 2.13. The van der Waals surface area contributed by atoms with Crippen LogP contribution in [0.3, 0.4) is 0 Å². The lowest BCUT2D eigenvalue weighted by Gasteiger charge is -2.35. The van der Waals surface area contributed by atoms with E-state index in [1.807, 2.05) is 0 Å². The molecule has 0 spiro atoms. The van der Waals surface area contributed by atoms with Crippen LogP contribution in [0.2, 0.25) is 0 Å². The number of aliphatic hydroxyl groups is 1. The fourth-order valence-electron chi connectivity index (χ4n) is 3.10. The second kappa shape index (κ2) is 14.9. The number of aliphatic hydroxyl groups excluding tert-OH is 1. The average molecular weight is 366 g/mol. The summed E-state index contributed by atoms with van der Waals surface area (Å²) in [6.45, 7) is 4.27. The van der Waals surface area contributed by atoms with Crippen molar-refractivity contribution in [2.24, 2.45) is 5.11 Å². The Morgan fingerprint density at radius 1 is 1.12 bits per heavy atom. The lowest BCUT2D eigenvalue weighted by Crippen LogP contribution is -2.48. The van der Waals surface area contributed by atoms with Gasteiger partial charge in [0.15, 0.2) is 6.29 Å². The van der Waals surface area contributed by atoms with Crippen LogP contribution in [0, 0.1) is 11.8 Å². The topological polar surface area (TPSA) is 87.5 Å². The molecule has 0 aliphatic carbocycles. The first-order valence-electron chi connectivity index (χ1n) is 10.1. The van der Waals surface area contributed by atoms with Crippen molar-refractivity contribution in [3.8, 4) is 11.8 Å². The second-order valence-electron chi connectivity index (χ2n) is 6.98. The average Bonchev–Trinajstić information content (AvgIpc) is 2.64. The maximum absolute atomic E-state index is 10.3. The van der Waals surface area contributed by atoms with E-state index in [1.165, 1.54) is 51.4 Å². The van der Waals surface area contributed by atoms with Crippen molar-refractivity contribution in [3.63, 3.8) is 0 Å². The quantitative estimate of drug-likeness (QED) is 0.171. The molecule has 26 heavy (non-hydrogen) atoms. The molecule has 0 aromatic carbocycles. The van der Waals surface area contributed by atoms with Crippen molar-refractivity contribution >= 4 is 0 Å². The molecule has 0 aromatic rings. The maximum atomic E-state index is 10.3. The zero-order valence-corrected chi connectivity index (χ0v) is 16.4. The van der Waals surface area contributed by atoms with Crippen LogP contribution in [0.5, 0.6) is 0 Å². The van der Waals surface area contributed by atoms with Crippen molar-refractivity contribution in [2.45, 2.75) is 109 Å². The van der Waals surface area contributed by atoms with Gasteiger partial charge in [0.2, 0.25) is 0 Å². The van der Waals surface area contributed by atoms with E-state index in [0.29, 0.717) is 6.42 Å². The SMILES string of the molecule is CCCCCCCCCCCC#CC[C@@H](O)[C@H]1O[C@@H](C)OC[C@@H]1N=[N+]=[N-]. The molecule has 1 aliphatic heterocycles. The molecule has 1 fully saturated rings. The summed E-state index contributed by atoms with van der Waals surface area (Å²) >= 11 is 0. The minimum absolute atomic E-state index is 0.263. The molecular formula is C20H35N3O3. The lowest BCUT2D eigenvalue weighted by molar-refractivity contribution is -0.231. The Hall–Kier alpha value is -1.25. The Morgan fingerprint density at radius 3 is 2.42 bits per heavy atom. The Morgan fingerprint density at radius 2 is 1.77 bits per heavy atom. The van der Waals surface area contributed by atoms with E-state index in [2.05, 4.69) is 28.8 Å². The zero-order valence-electron chi connectivity index (χ0n) is 16.4. The number of unbranched alkanes of at least 4 members (excludes halogenated alkanes) is 9. The predicted octanol–water partition coefficient (Wildman–Crippen LogP) is 5.10. The van der Waals surface area contributed by atoms with E-state index in [4.69, 9.17) is 15.0 Å². The van der Waals surface area contributed by atoms with Crippen molar-refractivity contribution < 1.29 is 14.6 Å². The van der Waals surface area contributed by atoms with Gasteiger partial charge in [-0.25, -0.2) is 0 Å². The van der Waals surface area contributed by atoms with Crippen LogP contribution in [0.25, 0.3) is 10.4 Å². The third kappa shape index (κ3) is 10.0. The highest BCUT2D eigenvalue weighted by molar-refractivity contribution is 5.02. The molecule has 1 rings (SSSR count). The van der Waals surface area contributed by atoms with Gasteiger partial charge in [0.1, 0.15) is 0 Å². The number of hydrogen-bond donors (Lipinski definition) is 1. The number of hydrogen-bond acceptors (Lipinski definition) is 4. The molecular weight excluding hydrogens is 330 g/mol. The van der Waals surface area contributed by atoms with E-state index < -0.39 is 24.5 Å². The van der Waals surface area contributed by atoms with Crippen molar-refractivity contribution in [3.05, 3.63) is 10.4 Å². The van der Waals surface area contributed by atoms with Gasteiger partial charge in [-0.3, -0.25) is 0 Å². The van der Waals surface area contributed by atoms with Crippen molar-refractivity contribution in [2.75, 3.05) is 6.61 Å². The number of azide groups is 1. The first-order valence-corrected chi connectivity index (χ1v) is 10.1. The molecule has 0 amide bonds. The van der Waals surface area contributed by atoms with Gasteiger partial charge in [-0.05, 0) is 18.9 Å². The molecule has 148 valence electrons. The predicted molar refractivity (Wildman–Crippen MR) is 103 cm³/mol. The molecule has 1 heterocycles. The summed E-state index contributed by atoms with van der Waals surface area (Å²) < 4.78 is 10.9. The highest BCUT2D eigenvalue weighted by atomic mass is 16.7. The molecule has 0 bridgehead atoms. The van der Waals surface area contributed by atoms with Crippen LogP contribution in [-0.4, -0.2) is 36.3 Å². The van der Waals surface area contributed by atoms with Gasteiger partial charge < -0.3 is 14.6 Å². The van der Waals surface area contributed by atoms with Gasteiger partial charge in [-0.2, -0.15) is 0 Å². The lowest BCUT2D eigenvalue weighted by atomic mass is 10.0. The number of nitrogens with zero attached hydrogens (tertiary/aromatic N) is 3. The van der Waals surface area contributed by atoms with E-state index in [-0.39, 0.29) is 6.61 Å². The smallest absolute Gasteiger partial charge is 0.155 e. The summed E-state index contributed by atoms with van der Waals surface area (Å²) in [7, 11) is 0. The first kappa shape index (κ1) is 22.8. The van der Waals surface area contributed by atoms with E-state index >= 15 is 0 Å². The van der Waals surface area contributed by atoms with Crippen LogP contribution in [0.15, 0.2) is 5.11 Å². The summed E-state index contributed by atoms with van der Waals surface area (Å²) in [5.74, 6) is 6.16. The molecule has 4 atom stereocenters. The van der Waals surface area contributed by atoms with Crippen molar-refractivity contribution in [1.82, 2.24) is 0 Å². The third-order valence-corrected chi connectivity index (χ3v) is 4.65. The van der Waals surface area contributed by atoms with Crippen molar-refractivity contribution in [1.29, 1.82) is 0 Å². The molecule has 1 aliphatic rings. The molecule has 1 N–H and O–H groups in total. The van der Waals surface area contributed by atoms with Gasteiger partial charge in [-0.1, -0.05) is 63.4 Å². The zero-order chi connectivity index (χ0) is 19.0. The minimum atomic E-state index is -0.771. The summed E-state index contributed by atoms with van der Waals surface area (Å²) in [6.07, 6.45) is 11.2. The van der Waals surface area contributed by atoms with Crippen LogP contribution < -0.4 is 0 Å². The monoisotopic (exact) mass is 365 g/mol. The Kier molecular flexibility index (Phi) is 13.0. The van der Waals surface area contributed by atoms with Crippen LogP contribution >= 0.6 is 0 Å². The third-order valence-electron chi connectivity index (χ3n) is 4.65. The van der Waals surface area contributed by atoms with Gasteiger partial charge in [-0.15, -0.1) is 11.8 Å². The largest absolute Gasteiger partial charge is 0.389 e. The molecule has 0 saturated carbocycles. The summed E-state index contributed by atoms with van der Waals surface area (Å²) in [4.78, 5) is 2.80. The van der Waals surface area contributed by atoms with Gasteiger partial charge >= 0.3 is 0 Å². The second-order valence-corrected chi connectivity index (χ2v) is 6.98. The summed E-state index contributed by atoms with van der Waals surface area (Å²) in [6, 6.07) is -0.509. The van der Waals surface area contributed by atoms with Gasteiger partial charge in [0.25, 0.3) is 0 Å². The highest BCUT2D eigenvalue weighted by Crippen LogP contribution is 2.20. The molecule has 6 heteroatoms. The van der Waals surface area contributed by atoms with E-state index in [1.54, 1.807) is 6.92 Å². The normalized spacial score (nSPS) is 23.6. The minimum Gasteiger partial charge on any atom is -0.389 e. The maximum Gasteiger partial charge on any atom is 0.155 e. The van der Waals surface area contributed by atoms with Crippen LogP contribution in [-0.2, 0) is 9.47 Å². The summed E-state index contributed by atoms with van der Waals surface area (Å²) in [5.41, 5.74) is 8.61. The number of rotatable bonds is 12. The summed E-state index contributed by atoms with van der Waals surface area (Å²) in [5, 5.41) is 13.9. The molecule has 0 radical (unpaired) electrons. The molecule has 1 saturated heterocycles. The van der Waals surface area contributed by atoms with Crippen LogP contribution in [0.4, 0.5) is 0 Å². The standard InChI is InChI=1S/C20H35N3O3/c1-3-4-5-6-7-8-9-10-11-12-13-14-15-19(24)20-18(22-23-21)16-25-17(2)26-20/h17-20,24H,3-12,15-16H2,1-2H3/t17-,18-,19+,20-/m0/s1. The van der Waals surface area contributed by atoms with Crippen LogP contribution in [0.1, 0.15) is 84.5 Å². The number of ether oxygens (including phenoxy) is 2. The molecule has 0 unspecified atom stereocenters.